The number of benzene rings is 1. The minimum absolute atomic E-state index is 0. The van der Waals surface area contributed by atoms with Gasteiger partial charge >= 0.3 is 0 Å². The summed E-state index contributed by atoms with van der Waals surface area (Å²) in [6.45, 7) is -1.07. The SMILES string of the molecule is C(c1ccccc1)=P(C1CCCCC1)(C1CCCCC1)C1CCCCC1.[Ru]. The summed E-state index contributed by atoms with van der Waals surface area (Å²) in [6, 6.07) is 11.5. The minimum Gasteiger partial charge on any atom is -0.0954 e. The first-order chi connectivity index (χ1) is 12.9. The van der Waals surface area contributed by atoms with Gasteiger partial charge < -0.3 is 0 Å². The second kappa shape index (κ2) is 10.8. The van der Waals surface area contributed by atoms with Gasteiger partial charge in [0, 0.05) is 19.5 Å². The first-order valence-corrected chi connectivity index (χ1v) is 13.7. The van der Waals surface area contributed by atoms with Crippen LogP contribution in [0.1, 0.15) is 102 Å². The summed E-state index contributed by atoms with van der Waals surface area (Å²) in [4.78, 5) is 0. The maximum atomic E-state index is 2.95. The molecule has 152 valence electrons. The van der Waals surface area contributed by atoms with Gasteiger partial charge in [0.05, 0.1) is 0 Å². The molecule has 0 atom stereocenters. The normalized spacial score (nSPS) is 23.6. The Morgan fingerprint density at radius 3 is 1.30 bits per heavy atom. The Morgan fingerprint density at radius 1 is 0.556 bits per heavy atom. The Labute approximate surface area is 181 Å². The van der Waals surface area contributed by atoms with E-state index in [1.165, 1.54) is 57.8 Å². The molecule has 1 aromatic rings. The van der Waals surface area contributed by atoms with Gasteiger partial charge in [-0.15, -0.1) is 0 Å². The van der Waals surface area contributed by atoms with Gasteiger partial charge in [0.2, 0.25) is 0 Å². The molecule has 0 amide bonds. The van der Waals surface area contributed by atoms with Crippen molar-refractivity contribution in [3.8, 4) is 0 Å². The van der Waals surface area contributed by atoms with E-state index in [2.05, 4.69) is 36.1 Å². The molecule has 0 bridgehead atoms. The summed E-state index contributed by atoms with van der Waals surface area (Å²) in [5, 5.41) is 0. The summed E-state index contributed by atoms with van der Waals surface area (Å²) in [7, 11) is 0. The van der Waals surface area contributed by atoms with E-state index in [9.17, 15) is 0 Å². The van der Waals surface area contributed by atoms with E-state index in [0.29, 0.717) is 0 Å². The predicted molar refractivity (Wildman–Crippen MR) is 119 cm³/mol. The molecule has 0 spiro atoms. The molecule has 27 heavy (non-hydrogen) atoms. The van der Waals surface area contributed by atoms with Crippen molar-refractivity contribution in [2.45, 2.75) is 113 Å². The van der Waals surface area contributed by atoms with E-state index in [1.54, 1.807) is 44.1 Å². The molecule has 0 aliphatic heterocycles. The molecule has 0 radical (unpaired) electrons. The van der Waals surface area contributed by atoms with Crippen molar-refractivity contribution < 1.29 is 19.5 Å². The van der Waals surface area contributed by atoms with Crippen molar-refractivity contribution in [1.29, 1.82) is 0 Å². The zero-order valence-electron chi connectivity index (χ0n) is 17.1. The maximum absolute atomic E-state index is 2.95. The summed E-state index contributed by atoms with van der Waals surface area (Å²) < 4.78 is 0. The van der Waals surface area contributed by atoms with Crippen LogP contribution in [-0.4, -0.2) is 22.8 Å². The zero-order chi connectivity index (χ0) is 17.7. The second-order valence-corrected chi connectivity index (χ2v) is 13.5. The van der Waals surface area contributed by atoms with Crippen LogP contribution in [0.3, 0.4) is 0 Å². The fraction of sp³-hybridized carbons (Fsp3) is 0.720. The first-order valence-electron chi connectivity index (χ1n) is 11.7. The van der Waals surface area contributed by atoms with Crippen LogP contribution in [0.5, 0.6) is 0 Å². The molecule has 4 rings (SSSR count). The zero-order valence-corrected chi connectivity index (χ0v) is 19.7. The molecule has 2 heteroatoms. The van der Waals surface area contributed by atoms with Gasteiger partial charge in [-0.05, 0) is 61.1 Å². The molecule has 0 heterocycles. The quantitative estimate of drug-likeness (QED) is 0.310. The fourth-order valence-corrected chi connectivity index (χ4v) is 13.5. The topological polar surface area (TPSA) is 0 Å². The number of hydrogen-bond acceptors (Lipinski definition) is 0. The minimum atomic E-state index is -1.07. The van der Waals surface area contributed by atoms with Gasteiger partial charge in [-0.3, -0.25) is 0 Å². The third kappa shape index (κ3) is 5.01. The van der Waals surface area contributed by atoms with Gasteiger partial charge in [-0.25, -0.2) is 0 Å². The summed E-state index contributed by atoms with van der Waals surface area (Å²) in [5.74, 6) is 2.95. The molecule has 1 aromatic carbocycles. The van der Waals surface area contributed by atoms with E-state index in [1.807, 2.05) is 0 Å². The standard InChI is InChI=1S/C25H39P.Ru/c1-5-13-22(14-6-1)21-26(23-15-7-2-8-16-23,24-17-9-3-10-18-24)25-19-11-4-12-20-25;/h1,5-6,13-14,21,23-25H,2-4,7-12,15-20H2;. The first kappa shape index (κ1) is 21.8. The van der Waals surface area contributed by atoms with Gasteiger partial charge in [0.1, 0.15) is 0 Å². The van der Waals surface area contributed by atoms with Gasteiger partial charge in [0.25, 0.3) is 0 Å². The summed E-state index contributed by atoms with van der Waals surface area (Å²) in [5.41, 5.74) is 4.73. The van der Waals surface area contributed by atoms with Crippen LogP contribution >= 0.6 is 6.89 Å². The average molecular weight is 472 g/mol. The maximum Gasteiger partial charge on any atom is 0 e. The van der Waals surface area contributed by atoms with Gasteiger partial charge in [0.15, 0.2) is 0 Å². The Kier molecular flexibility index (Phi) is 8.73. The van der Waals surface area contributed by atoms with Crippen LogP contribution in [0.15, 0.2) is 30.3 Å². The Bertz CT molecular complexity index is 538. The van der Waals surface area contributed by atoms with Crippen LogP contribution < -0.4 is 0 Å². The van der Waals surface area contributed by atoms with Gasteiger partial charge in [-0.1, -0.05) is 101 Å². The second-order valence-electron chi connectivity index (χ2n) is 9.31. The monoisotopic (exact) mass is 472 g/mol. The van der Waals surface area contributed by atoms with Crippen LogP contribution in [0, 0.1) is 0 Å². The Morgan fingerprint density at radius 2 is 0.926 bits per heavy atom. The van der Waals surface area contributed by atoms with E-state index in [0.717, 1.165) is 17.0 Å². The molecule has 3 fully saturated rings. The van der Waals surface area contributed by atoms with E-state index >= 15 is 0 Å². The van der Waals surface area contributed by atoms with Crippen molar-refractivity contribution >= 4 is 12.7 Å². The molecule has 0 nitrogen and oxygen atoms in total. The predicted octanol–water partition coefficient (Wildman–Crippen LogP) is 7.85. The third-order valence-corrected chi connectivity index (χ3v) is 13.9. The number of rotatable bonds is 4. The van der Waals surface area contributed by atoms with Crippen molar-refractivity contribution in [2.24, 2.45) is 0 Å². The van der Waals surface area contributed by atoms with E-state index < -0.39 is 6.89 Å². The van der Waals surface area contributed by atoms with Crippen molar-refractivity contribution in [3.05, 3.63) is 35.9 Å². The van der Waals surface area contributed by atoms with Gasteiger partial charge in [-0.2, -0.15) is 0 Å². The Hall–Kier alpha value is 0.143. The molecule has 3 saturated carbocycles. The van der Waals surface area contributed by atoms with Crippen LogP contribution in [0.4, 0.5) is 0 Å². The third-order valence-electron chi connectivity index (χ3n) is 7.79. The summed E-state index contributed by atoms with van der Waals surface area (Å²) >= 11 is 0. The van der Waals surface area contributed by atoms with E-state index in [4.69, 9.17) is 0 Å². The van der Waals surface area contributed by atoms with Crippen molar-refractivity contribution in [2.75, 3.05) is 0 Å². The molecule has 0 unspecified atom stereocenters. The van der Waals surface area contributed by atoms with E-state index in [-0.39, 0.29) is 19.5 Å². The molecule has 0 aromatic heterocycles. The summed E-state index contributed by atoms with van der Waals surface area (Å²) in [6.07, 6.45) is 22.8. The fourth-order valence-electron chi connectivity index (χ4n) is 6.59. The molecule has 0 saturated heterocycles. The molecular formula is C25H39PRu. The molecule has 0 N–H and O–H groups in total. The van der Waals surface area contributed by atoms with Crippen molar-refractivity contribution in [1.82, 2.24) is 0 Å². The number of hydrogen-bond donors (Lipinski definition) is 0. The van der Waals surface area contributed by atoms with Crippen LogP contribution in [-0.2, 0) is 19.5 Å². The van der Waals surface area contributed by atoms with Crippen LogP contribution in [0.25, 0.3) is 0 Å². The van der Waals surface area contributed by atoms with Crippen LogP contribution in [0.2, 0.25) is 0 Å². The Balaban J connectivity index is 0.00000210. The molecule has 3 aliphatic rings. The smallest absolute Gasteiger partial charge is 0 e. The van der Waals surface area contributed by atoms with Crippen molar-refractivity contribution in [3.63, 3.8) is 0 Å². The molecule has 3 aliphatic carbocycles. The largest absolute Gasteiger partial charge is 0.0954 e. The molecular weight excluding hydrogens is 432 g/mol. The average Bonchev–Trinajstić information content (AvgIpc) is 2.75.